The molecule has 7 nitrogen and oxygen atoms in total. The number of methoxy groups -OCH3 is 1. The number of amides is 1. The molecule has 228 valence electrons. The zero-order chi connectivity index (χ0) is 30.8. The second kappa shape index (κ2) is 12.7. The Morgan fingerprint density at radius 2 is 1.77 bits per heavy atom. The number of nitrogens with zero attached hydrogens (tertiary/aromatic N) is 1. The number of hydrogen-bond donors (Lipinski definition) is 2. The highest BCUT2D eigenvalue weighted by Gasteiger charge is 2.25. The summed E-state index contributed by atoms with van der Waals surface area (Å²) in [5, 5.41) is 6.11. The fourth-order valence-electron chi connectivity index (χ4n) is 6.11. The van der Waals surface area contributed by atoms with Crippen molar-refractivity contribution < 1.29 is 32.2 Å². The molecule has 1 fully saturated rings. The quantitative estimate of drug-likeness (QED) is 0.180. The van der Waals surface area contributed by atoms with Crippen molar-refractivity contribution in [2.45, 2.75) is 44.4 Å². The van der Waals surface area contributed by atoms with Gasteiger partial charge in [0.1, 0.15) is 35.5 Å². The van der Waals surface area contributed by atoms with Crippen molar-refractivity contribution in [1.29, 1.82) is 0 Å². The first kappa shape index (κ1) is 29.7. The lowest BCUT2D eigenvalue weighted by Gasteiger charge is -2.27. The molecule has 4 aromatic rings. The van der Waals surface area contributed by atoms with E-state index >= 15 is 8.78 Å². The number of ether oxygens (including phenoxy) is 2. The summed E-state index contributed by atoms with van der Waals surface area (Å²) in [6.45, 7) is 1.05. The van der Waals surface area contributed by atoms with E-state index in [1.807, 2.05) is 0 Å². The van der Waals surface area contributed by atoms with Gasteiger partial charge in [-0.05, 0) is 49.9 Å². The first-order valence-corrected chi connectivity index (χ1v) is 14.6. The molecule has 3 aromatic carbocycles. The van der Waals surface area contributed by atoms with Crippen LogP contribution in [0.4, 0.5) is 18.9 Å². The van der Waals surface area contributed by atoms with Crippen LogP contribution in [0.25, 0.3) is 22.0 Å². The number of rotatable bonds is 8. The minimum absolute atomic E-state index is 0.211. The third-order valence-corrected chi connectivity index (χ3v) is 8.33. The molecule has 1 aliphatic carbocycles. The second-order valence-electron chi connectivity index (χ2n) is 11.1. The van der Waals surface area contributed by atoms with Gasteiger partial charge in [0.25, 0.3) is 0 Å². The van der Waals surface area contributed by atoms with Gasteiger partial charge in [0, 0.05) is 54.0 Å². The molecule has 0 radical (unpaired) electrons. The molecule has 1 aromatic heterocycles. The molecule has 1 amide bonds. The van der Waals surface area contributed by atoms with Gasteiger partial charge in [0.15, 0.2) is 5.78 Å². The van der Waals surface area contributed by atoms with Gasteiger partial charge in [-0.15, -0.1) is 0 Å². The summed E-state index contributed by atoms with van der Waals surface area (Å²) < 4.78 is 58.1. The number of hydrogen-bond acceptors (Lipinski definition) is 5. The summed E-state index contributed by atoms with van der Waals surface area (Å²) in [5.41, 5.74) is 0.812. The lowest BCUT2D eigenvalue weighted by atomic mass is 9.93. The van der Waals surface area contributed by atoms with Gasteiger partial charge < -0.3 is 24.7 Å². The number of nitrogens with one attached hydrogen (secondary N) is 2. The first-order valence-electron chi connectivity index (χ1n) is 14.6. The van der Waals surface area contributed by atoms with Crippen LogP contribution >= 0.6 is 0 Å². The highest BCUT2D eigenvalue weighted by molar-refractivity contribution is 6.18. The monoisotopic (exact) mass is 603 g/mol. The minimum atomic E-state index is -1.07. The largest absolute Gasteiger partial charge is 0.491 e. The zero-order valence-electron chi connectivity index (χ0n) is 24.2. The van der Waals surface area contributed by atoms with Crippen molar-refractivity contribution in [3.8, 4) is 16.9 Å². The Hall–Kier alpha value is -4.41. The molecule has 44 heavy (non-hydrogen) atoms. The van der Waals surface area contributed by atoms with Crippen LogP contribution in [0.2, 0.25) is 0 Å². The SMILES string of the molecule is COC1CCC(NC/C=C/C(=O)Nc2c(F)cc(C(=O)c3cn4c5c(cccc35)-c3c(F)cccc3OCC4)cc2F)CC1. The molecule has 1 aliphatic heterocycles. The maximum atomic E-state index is 15.1. The number of anilines is 1. The van der Waals surface area contributed by atoms with Gasteiger partial charge in [-0.3, -0.25) is 9.59 Å². The first-order chi connectivity index (χ1) is 21.3. The normalized spacial score (nSPS) is 18.0. The van der Waals surface area contributed by atoms with Crippen LogP contribution in [-0.4, -0.2) is 48.7 Å². The van der Waals surface area contributed by atoms with Crippen molar-refractivity contribution >= 4 is 28.3 Å². The summed E-state index contributed by atoms with van der Waals surface area (Å²) in [4.78, 5) is 26.0. The predicted molar refractivity (Wildman–Crippen MR) is 161 cm³/mol. The Morgan fingerprint density at radius 1 is 1.02 bits per heavy atom. The topological polar surface area (TPSA) is 81.6 Å². The summed E-state index contributed by atoms with van der Waals surface area (Å²) in [5.74, 6) is -3.51. The molecule has 2 N–H and O–H groups in total. The molecule has 0 saturated heterocycles. The second-order valence-corrected chi connectivity index (χ2v) is 11.1. The smallest absolute Gasteiger partial charge is 0.248 e. The molecule has 10 heteroatoms. The van der Waals surface area contributed by atoms with E-state index in [-0.39, 0.29) is 29.4 Å². The fourth-order valence-corrected chi connectivity index (χ4v) is 6.11. The number of aromatic nitrogens is 1. The van der Waals surface area contributed by atoms with Crippen molar-refractivity contribution in [3.63, 3.8) is 0 Å². The molecule has 6 rings (SSSR count). The van der Waals surface area contributed by atoms with E-state index in [0.29, 0.717) is 41.3 Å². The molecular formula is C34H32F3N3O4. The average Bonchev–Trinajstić information content (AvgIpc) is 3.39. The molecular weight excluding hydrogens is 571 g/mol. The lowest BCUT2D eigenvalue weighted by Crippen LogP contribution is -2.35. The number of fused-ring (bicyclic) bond motifs is 2. The summed E-state index contributed by atoms with van der Waals surface area (Å²) in [7, 11) is 1.72. The van der Waals surface area contributed by atoms with Gasteiger partial charge in [0.2, 0.25) is 5.91 Å². The van der Waals surface area contributed by atoms with Gasteiger partial charge in [-0.2, -0.15) is 0 Å². The number of halogens is 3. The van der Waals surface area contributed by atoms with Crippen LogP contribution in [0, 0.1) is 17.5 Å². The van der Waals surface area contributed by atoms with Gasteiger partial charge in [-0.1, -0.05) is 30.3 Å². The average molecular weight is 604 g/mol. The van der Waals surface area contributed by atoms with Crippen molar-refractivity contribution in [2.24, 2.45) is 0 Å². The number of carbonyl (C=O) groups is 2. The molecule has 0 unspecified atom stereocenters. The third-order valence-electron chi connectivity index (χ3n) is 8.33. The standard InChI is InChI=1S/C34H32F3N3O4/c1-43-22-12-10-21(11-13-22)38-14-4-9-30(41)39-32-27(36)17-20(18-28(32)37)34(42)25-19-40-15-16-44-29-8-3-7-26(35)31(29)24-6-2-5-23(25)33(24)40/h2-9,17-19,21-22,38H,10-16H2,1H3,(H,39,41)/b9-4+. The van der Waals surface area contributed by atoms with Gasteiger partial charge in [-0.25, -0.2) is 13.2 Å². The minimum Gasteiger partial charge on any atom is -0.491 e. The molecule has 0 atom stereocenters. The molecule has 1 saturated carbocycles. The molecule has 0 spiro atoms. The van der Waals surface area contributed by atoms with Crippen LogP contribution in [0.15, 0.2) is 66.9 Å². The Balaban J connectivity index is 1.19. The van der Waals surface area contributed by atoms with Crippen molar-refractivity contribution in [3.05, 3.63) is 95.5 Å². The third kappa shape index (κ3) is 5.87. The van der Waals surface area contributed by atoms with E-state index < -0.39 is 34.8 Å². The number of carbonyl (C=O) groups excluding carboxylic acids is 2. The van der Waals surface area contributed by atoms with Gasteiger partial charge >= 0.3 is 0 Å². The summed E-state index contributed by atoms with van der Waals surface area (Å²) in [6, 6.07) is 11.9. The maximum absolute atomic E-state index is 15.1. The molecule has 2 heterocycles. The Kier molecular flexibility index (Phi) is 8.54. The lowest BCUT2D eigenvalue weighted by molar-refractivity contribution is -0.112. The van der Waals surface area contributed by atoms with Crippen LogP contribution < -0.4 is 15.4 Å². The number of ketones is 1. The van der Waals surface area contributed by atoms with Gasteiger partial charge in [0.05, 0.1) is 23.7 Å². The Labute approximate surface area is 252 Å². The maximum Gasteiger partial charge on any atom is 0.248 e. The fraction of sp³-hybridized carbons (Fsp3) is 0.294. The molecule has 2 aliphatic rings. The predicted octanol–water partition coefficient (Wildman–Crippen LogP) is 6.39. The summed E-state index contributed by atoms with van der Waals surface area (Å²) >= 11 is 0. The van der Waals surface area contributed by atoms with E-state index in [2.05, 4.69) is 10.6 Å². The Bertz CT molecular complexity index is 1740. The van der Waals surface area contributed by atoms with Crippen LogP contribution in [0.3, 0.4) is 0 Å². The number of para-hydroxylation sites is 1. The summed E-state index contributed by atoms with van der Waals surface area (Å²) in [6.07, 6.45) is 8.60. The van der Waals surface area contributed by atoms with Crippen molar-refractivity contribution in [1.82, 2.24) is 9.88 Å². The van der Waals surface area contributed by atoms with Crippen molar-refractivity contribution in [2.75, 3.05) is 25.6 Å². The zero-order valence-corrected chi connectivity index (χ0v) is 24.2. The number of benzene rings is 3. The highest BCUT2D eigenvalue weighted by atomic mass is 19.1. The van der Waals surface area contributed by atoms with E-state index in [4.69, 9.17) is 9.47 Å². The highest BCUT2D eigenvalue weighted by Crippen LogP contribution is 2.40. The van der Waals surface area contributed by atoms with Crippen LogP contribution in [-0.2, 0) is 16.1 Å². The van der Waals surface area contributed by atoms with E-state index in [1.165, 1.54) is 12.1 Å². The van der Waals surface area contributed by atoms with E-state index in [1.54, 1.807) is 54.3 Å². The van der Waals surface area contributed by atoms with Crippen LogP contribution in [0.5, 0.6) is 5.75 Å². The molecule has 0 bridgehead atoms. The Morgan fingerprint density at radius 3 is 2.52 bits per heavy atom. The van der Waals surface area contributed by atoms with E-state index in [0.717, 1.165) is 37.8 Å². The van der Waals surface area contributed by atoms with E-state index in [9.17, 15) is 14.0 Å². The van der Waals surface area contributed by atoms with Crippen LogP contribution in [0.1, 0.15) is 41.6 Å².